The third-order valence-corrected chi connectivity index (χ3v) is 5.97. The lowest BCUT2D eigenvalue weighted by Crippen LogP contribution is -2.35. The summed E-state index contributed by atoms with van der Waals surface area (Å²) in [5.41, 5.74) is 1.25. The molecule has 0 heterocycles. The lowest BCUT2D eigenvalue weighted by molar-refractivity contribution is -0.116. The van der Waals surface area contributed by atoms with Crippen LogP contribution in [-0.4, -0.2) is 45.3 Å². The number of ether oxygens (including phenoxy) is 1. The van der Waals surface area contributed by atoms with Gasteiger partial charge in [0.25, 0.3) is 0 Å². The van der Waals surface area contributed by atoms with Crippen LogP contribution in [0.15, 0.2) is 47.4 Å². The average molecular weight is 411 g/mol. The van der Waals surface area contributed by atoms with Crippen LogP contribution >= 0.6 is 11.6 Å². The zero-order valence-electron chi connectivity index (χ0n) is 15.0. The zero-order valence-corrected chi connectivity index (χ0v) is 16.6. The van der Waals surface area contributed by atoms with Crippen LogP contribution in [0.5, 0.6) is 0 Å². The van der Waals surface area contributed by atoms with Crippen molar-refractivity contribution in [1.82, 2.24) is 4.31 Å². The smallest absolute Gasteiger partial charge is 0.338 e. The molecule has 0 saturated heterocycles. The van der Waals surface area contributed by atoms with Crippen LogP contribution in [0.1, 0.15) is 15.9 Å². The molecule has 0 aliphatic carbocycles. The number of carbonyl (C=O) groups is 2. The topological polar surface area (TPSA) is 92.8 Å². The summed E-state index contributed by atoms with van der Waals surface area (Å²) in [5, 5.41) is 3.03. The summed E-state index contributed by atoms with van der Waals surface area (Å²) in [6, 6.07) is 10.5. The van der Waals surface area contributed by atoms with Gasteiger partial charge in [-0.25, -0.2) is 13.2 Å². The molecule has 1 N–H and O–H groups in total. The maximum Gasteiger partial charge on any atom is 0.338 e. The Morgan fingerprint density at radius 2 is 1.78 bits per heavy atom. The molecule has 0 atom stereocenters. The van der Waals surface area contributed by atoms with Crippen LogP contribution in [0.25, 0.3) is 0 Å². The fourth-order valence-electron chi connectivity index (χ4n) is 2.37. The van der Waals surface area contributed by atoms with Gasteiger partial charge in [-0.3, -0.25) is 4.79 Å². The number of benzene rings is 2. The summed E-state index contributed by atoms with van der Waals surface area (Å²) in [6.07, 6.45) is 0. The van der Waals surface area contributed by atoms with Crippen molar-refractivity contribution in [3.8, 4) is 0 Å². The molecule has 0 aliphatic rings. The van der Waals surface area contributed by atoms with Crippen LogP contribution in [0, 0.1) is 6.92 Å². The summed E-state index contributed by atoms with van der Waals surface area (Å²) in [5.74, 6) is -1.06. The molecule has 1 amide bonds. The number of nitrogens with zero attached hydrogens (tertiary/aromatic N) is 1. The quantitative estimate of drug-likeness (QED) is 0.739. The minimum atomic E-state index is -3.84. The van der Waals surface area contributed by atoms with E-state index in [1.165, 1.54) is 38.4 Å². The molecule has 2 aromatic rings. The molecule has 0 aliphatic heterocycles. The Kier molecular flexibility index (Phi) is 6.59. The number of methoxy groups -OCH3 is 1. The molecule has 0 fully saturated rings. The van der Waals surface area contributed by atoms with Crippen molar-refractivity contribution in [2.75, 3.05) is 26.0 Å². The summed E-state index contributed by atoms with van der Waals surface area (Å²) in [7, 11) is -1.26. The molecule has 144 valence electrons. The second-order valence-electron chi connectivity index (χ2n) is 5.73. The number of rotatable bonds is 6. The molecule has 9 heteroatoms. The minimum Gasteiger partial charge on any atom is -0.465 e. The monoisotopic (exact) mass is 410 g/mol. The number of anilines is 1. The highest BCUT2D eigenvalue weighted by Crippen LogP contribution is 2.21. The fourth-order valence-corrected chi connectivity index (χ4v) is 3.62. The molecule has 0 spiro atoms. The van der Waals surface area contributed by atoms with Crippen molar-refractivity contribution >= 4 is 39.2 Å². The van der Waals surface area contributed by atoms with Gasteiger partial charge in [0.1, 0.15) is 0 Å². The van der Waals surface area contributed by atoms with Gasteiger partial charge in [-0.1, -0.05) is 17.7 Å². The van der Waals surface area contributed by atoms with Crippen molar-refractivity contribution < 1.29 is 22.7 Å². The van der Waals surface area contributed by atoms with Crippen molar-refractivity contribution in [2.45, 2.75) is 11.8 Å². The Morgan fingerprint density at radius 3 is 2.37 bits per heavy atom. The first kappa shape index (κ1) is 20.9. The van der Waals surface area contributed by atoms with Gasteiger partial charge in [-0.2, -0.15) is 4.31 Å². The van der Waals surface area contributed by atoms with E-state index >= 15 is 0 Å². The molecule has 0 aromatic heterocycles. The number of likely N-dealkylation sites (N-methyl/N-ethyl adjacent to an activating group) is 1. The average Bonchev–Trinajstić information content (AvgIpc) is 2.63. The van der Waals surface area contributed by atoms with Gasteiger partial charge in [0.2, 0.25) is 15.9 Å². The first-order valence-corrected chi connectivity index (χ1v) is 9.68. The summed E-state index contributed by atoms with van der Waals surface area (Å²) in [4.78, 5) is 24.1. The number of halogens is 1. The highest BCUT2D eigenvalue weighted by Gasteiger charge is 2.23. The number of esters is 1. The van der Waals surface area contributed by atoms with Crippen LogP contribution < -0.4 is 5.32 Å². The number of sulfonamides is 1. The second kappa shape index (κ2) is 8.51. The fraction of sp³-hybridized carbons (Fsp3) is 0.222. The van der Waals surface area contributed by atoms with Gasteiger partial charge >= 0.3 is 5.97 Å². The Bertz CT molecular complexity index is 958. The number of hydrogen-bond acceptors (Lipinski definition) is 5. The van der Waals surface area contributed by atoms with Gasteiger partial charge in [0.15, 0.2) is 0 Å². The van der Waals surface area contributed by atoms with Gasteiger partial charge in [-0.15, -0.1) is 0 Å². The predicted molar refractivity (Wildman–Crippen MR) is 102 cm³/mol. The van der Waals surface area contributed by atoms with Gasteiger partial charge in [-0.05, 0) is 48.9 Å². The first-order chi connectivity index (χ1) is 12.7. The predicted octanol–water partition coefficient (Wildman–Crippen LogP) is 2.69. The van der Waals surface area contributed by atoms with E-state index in [-0.39, 0.29) is 4.90 Å². The van der Waals surface area contributed by atoms with E-state index in [4.69, 9.17) is 16.3 Å². The Balaban J connectivity index is 2.14. The molecule has 27 heavy (non-hydrogen) atoms. The van der Waals surface area contributed by atoms with E-state index in [9.17, 15) is 18.0 Å². The van der Waals surface area contributed by atoms with E-state index in [2.05, 4.69) is 5.32 Å². The van der Waals surface area contributed by atoms with Crippen LogP contribution in [-0.2, 0) is 19.6 Å². The molecule has 7 nitrogen and oxygen atoms in total. The van der Waals surface area contributed by atoms with Gasteiger partial charge in [0, 0.05) is 17.8 Å². The lowest BCUT2D eigenvalue weighted by atomic mass is 10.1. The SMILES string of the molecule is COC(=O)c1cccc(NC(=O)CN(C)S(=O)(=O)c2ccc(Cl)cc2)c1C. The van der Waals surface area contributed by atoms with Gasteiger partial charge in [0.05, 0.1) is 24.1 Å². The molecule has 2 rings (SSSR count). The normalized spacial score (nSPS) is 11.3. The third kappa shape index (κ3) is 4.85. The van der Waals surface area contributed by atoms with Crippen molar-refractivity contribution in [3.05, 3.63) is 58.6 Å². The number of hydrogen-bond donors (Lipinski definition) is 1. The molecule has 2 aromatic carbocycles. The Morgan fingerprint density at radius 1 is 1.15 bits per heavy atom. The Hall–Kier alpha value is -2.42. The maximum atomic E-state index is 12.5. The second-order valence-corrected chi connectivity index (χ2v) is 8.21. The Labute approximate surface area is 162 Å². The lowest BCUT2D eigenvalue weighted by Gasteiger charge is -2.18. The molecular formula is C18H19ClN2O5S. The van der Waals surface area contributed by atoms with Crippen molar-refractivity contribution in [2.24, 2.45) is 0 Å². The third-order valence-electron chi connectivity index (χ3n) is 3.90. The maximum absolute atomic E-state index is 12.5. The molecular weight excluding hydrogens is 392 g/mol. The van der Waals surface area contributed by atoms with E-state index in [0.29, 0.717) is 21.8 Å². The first-order valence-electron chi connectivity index (χ1n) is 7.86. The number of amides is 1. The van der Waals surface area contributed by atoms with E-state index in [1.54, 1.807) is 25.1 Å². The van der Waals surface area contributed by atoms with Crippen molar-refractivity contribution in [3.63, 3.8) is 0 Å². The summed E-state index contributed by atoms with van der Waals surface area (Å²) >= 11 is 5.77. The van der Waals surface area contributed by atoms with Gasteiger partial charge < -0.3 is 10.1 Å². The summed E-state index contributed by atoms with van der Waals surface area (Å²) < 4.78 is 30.7. The number of carbonyl (C=O) groups excluding carboxylic acids is 2. The molecule has 0 saturated carbocycles. The highest BCUT2D eigenvalue weighted by atomic mass is 35.5. The summed E-state index contributed by atoms with van der Waals surface area (Å²) in [6.45, 7) is 1.27. The van der Waals surface area contributed by atoms with E-state index in [0.717, 1.165) is 4.31 Å². The minimum absolute atomic E-state index is 0.0334. The molecule has 0 bridgehead atoms. The zero-order chi connectivity index (χ0) is 20.2. The largest absolute Gasteiger partial charge is 0.465 e. The van der Waals surface area contributed by atoms with E-state index < -0.39 is 28.4 Å². The highest BCUT2D eigenvalue weighted by molar-refractivity contribution is 7.89. The van der Waals surface area contributed by atoms with E-state index in [1.807, 2.05) is 0 Å². The molecule has 0 unspecified atom stereocenters. The molecule has 0 radical (unpaired) electrons. The van der Waals surface area contributed by atoms with Crippen LogP contribution in [0.2, 0.25) is 5.02 Å². The van der Waals surface area contributed by atoms with Crippen LogP contribution in [0.3, 0.4) is 0 Å². The van der Waals surface area contributed by atoms with Crippen LogP contribution in [0.4, 0.5) is 5.69 Å². The number of nitrogens with one attached hydrogen (secondary N) is 1. The standard InChI is InChI=1S/C18H19ClN2O5S/c1-12-15(18(23)26-3)5-4-6-16(12)20-17(22)11-21(2)27(24,25)14-9-7-13(19)8-10-14/h4-10H,11H2,1-3H3,(H,20,22). The van der Waals surface area contributed by atoms with Crippen molar-refractivity contribution in [1.29, 1.82) is 0 Å².